The van der Waals surface area contributed by atoms with Crippen molar-refractivity contribution in [2.24, 2.45) is 0 Å². The van der Waals surface area contributed by atoms with E-state index in [9.17, 15) is 22.4 Å². The average Bonchev–Trinajstić information content (AvgIpc) is 3.48. The summed E-state index contributed by atoms with van der Waals surface area (Å²) in [6.07, 6.45) is -0.522. The van der Waals surface area contributed by atoms with E-state index in [-0.39, 0.29) is 23.5 Å². The molecule has 1 atom stereocenters. The first-order chi connectivity index (χ1) is 14.5. The summed E-state index contributed by atoms with van der Waals surface area (Å²) in [5, 5.41) is 0. The summed E-state index contributed by atoms with van der Waals surface area (Å²) in [6.45, 7) is 0.0810. The average molecular weight is 421 g/mol. The monoisotopic (exact) mass is 421 g/mol. The molecule has 0 fully saturated rings. The number of carbonyl (C=O) groups excluding carboxylic acids is 1. The molecule has 0 bridgehead atoms. The molecule has 1 aliphatic rings. The number of aromatic amines is 1. The fraction of sp³-hybridized carbons (Fsp3) is 0.222. The summed E-state index contributed by atoms with van der Waals surface area (Å²) in [5.41, 5.74) is -0.165. The molecule has 0 spiro atoms. The van der Waals surface area contributed by atoms with Crippen LogP contribution in [0.3, 0.4) is 0 Å². The van der Waals surface area contributed by atoms with E-state index in [1.807, 2.05) is 0 Å². The molecule has 0 saturated carbocycles. The van der Waals surface area contributed by atoms with E-state index in [2.05, 4.69) is 19.9 Å². The molecule has 12 heteroatoms. The lowest BCUT2D eigenvalue weighted by Crippen LogP contribution is -2.41. The molecule has 1 amide bonds. The Kier molecular flexibility index (Phi) is 4.08. The SMILES string of the molecule is O=C(c1ocnc1C(F)F)N1CCc2[nH]cnc2[C@H]1c1nc2c(F)c(F)ccc2o1. The summed E-state index contributed by atoms with van der Waals surface area (Å²) >= 11 is 0. The Morgan fingerprint density at radius 1 is 1.27 bits per heavy atom. The summed E-state index contributed by atoms with van der Waals surface area (Å²) in [4.78, 5) is 28.8. The number of alkyl halides is 2. The first-order valence-corrected chi connectivity index (χ1v) is 8.74. The van der Waals surface area contributed by atoms with Crippen molar-refractivity contribution in [1.29, 1.82) is 0 Å². The molecule has 0 aliphatic carbocycles. The predicted octanol–water partition coefficient (Wildman–Crippen LogP) is 3.54. The second kappa shape index (κ2) is 6.68. The molecule has 0 unspecified atom stereocenters. The largest absolute Gasteiger partial charge is 0.438 e. The Labute approximate surface area is 164 Å². The van der Waals surface area contributed by atoms with E-state index < -0.39 is 41.5 Å². The first-order valence-electron chi connectivity index (χ1n) is 8.74. The third-order valence-electron chi connectivity index (χ3n) is 4.88. The van der Waals surface area contributed by atoms with Crippen molar-refractivity contribution < 1.29 is 31.2 Å². The van der Waals surface area contributed by atoms with Gasteiger partial charge in [0, 0.05) is 18.7 Å². The van der Waals surface area contributed by atoms with E-state index in [1.165, 1.54) is 17.3 Å². The van der Waals surface area contributed by atoms with Gasteiger partial charge in [-0.15, -0.1) is 0 Å². The molecule has 1 aromatic carbocycles. The van der Waals surface area contributed by atoms with Gasteiger partial charge in [0.15, 0.2) is 35.3 Å². The molecule has 5 rings (SSSR count). The van der Waals surface area contributed by atoms with Crippen LogP contribution in [0.4, 0.5) is 17.6 Å². The van der Waals surface area contributed by atoms with Crippen molar-refractivity contribution in [3.63, 3.8) is 0 Å². The Morgan fingerprint density at radius 3 is 2.90 bits per heavy atom. The maximum Gasteiger partial charge on any atom is 0.292 e. The minimum absolute atomic E-state index is 0.0353. The highest BCUT2D eigenvalue weighted by atomic mass is 19.3. The van der Waals surface area contributed by atoms with Crippen LogP contribution in [0.25, 0.3) is 11.1 Å². The van der Waals surface area contributed by atoms with Crippen molar-refractivity contribution in [1.82, 2.24) is 24.8 Å². The van der Waals surface area contributed by atoms with E-state index in [0.29, 0.717) is 17.8 Å². The second-order valence-corrected chi connectivity index (χ2v) is 6.55. The fourth-order valence-corrected chi connectivity index (χ4v) is 3.52. The van der Waals surface area contributed by atoms with Gasteiger partial charge in [-0.1, -0.05) is 0 Å². The van der Waals surface area contributed by atoms with Crippen LogP contribution in [0.5, 0.6) is 0 Å². The number of hydrogen-bond donors (Lipinski definition) is 1. The smallest absolute Gasteiger partial charge is 0.292 e. The second-order valence-electron chi connectivity index (χ2n) is 6.55. The standard InChI is InChI=1S/C18H11F4N5O3/c19-7-1-2-9-12(10(7)20)26-17(30-9)14-11-8(23-5-24-11)3-4-27(14)18(28)15-13(16(21)22)25-6-29-15/h1-2,5-6,14,16H,3-4H2,(H,23,24)/t14-/m0/s1. The van der Waals surface area contributed by atoms with Gasteiger partial charge in [0.2, 0.25) is 11.7 Å². The molecule has 1 aliphatic heterocycles. The molecule has 0 radical (unpaired) electrons. The zero-order valence-corrected chi connectivity index (χ0v) is 14.9. The van der Waals surface area contributed by atoms with Gasteiger partial charge in [0.1, 0.15) is 5.52 Å². The van der Waals surface area contributed by atoms with E-state index >= 15 is 0 Å². The minimum atomic E-state index is -3.02. The van der Waals surface area contributed by atoms with Crippen LogP contribution in [-0.2, 0) is 6.42 Å². The highest BCUT2D eigenvalue weighted by Gasteiger charge is 2.40. The maximum absolute atomic E-state index is 14.1. The number of benzene rings is 1. The summed E-state index contributed by atoms with van der Waals surface area (Å²) in [7, 11) is 0. The van der Waals surface area contributed by atoms with Crippen LogP contribution < -0.4 is 0 Å². The molecular weight excluding hydrogens is 410 g/mol. The number of hydrogen-bond acceptors (Lipinski definition) is 6. The molecule has 3 aromatic heterocycles. The minimum Gasteiger partial charge on any atom is -0.438 e. The number of rotatable bonds is 3. The summed E-state index contributed by atoms with van der Waals surface area (Å²) < 4.78 is 64.6. The van der Waals surface area contributed by atoms with Gasteiger partial charge >= 0.3 is 0 Å². The van der Waals surface area contributed by atoms with Crippen molar-refractivity contribution >= 4 is 17.0 Å². The Balaban J connectivity index is 1.64. The molecule has 0 saturated heterocycles. The summed E-state index contributed by atoms with van der Waals surface area (Å²) in [6, 6.07) is 1.02. The lowest BCUT2D eigenvalue weighted by atomic mass is 10.0. The van der Waals surface area contributed by atoms with Crippen LogP contribution in [0.1, 0.15) is 46.0 Å². The van der Waals surface area contributed by atoms with E-state index in [4.69, 9.17) is 8.83 Å². The third-order valence-corrected chi connectivity index (χ3v) is 4.88. The van der Waals surface area contributed by atoms with Crippen LogP contribution in [0.2, 0.25) is 0 Å². The first kappa shape index (κ1) is 18.3. The number of carbonyl (C=O) groups is 1. The van der Waals surface area contributed by atoms with Gasteiger partial charge < -0.3 is 18.7 Å². The lowest BCUT2D eigenvalue weighted by molar-refractivity contribution is 0.0620. The van der Waals surface area contributed by atoms with Gasteiger partial charge in [-0.3, -0.25) is 4.79 Å². The quantitative estimate of drug-likeness (QED) is 0.508. The van der Waals surface area contributed by atoms with E-state index in [0.717, 1.165) is 12.5 Å². The molecule has 30 heavy (non-hydrogen) atoms. The zero-order chi connectivity index (χ0) is 21.0. The molecule has 4 heterocycles. The van der Waals surface area contributed by atoms with Crippen molar-refractivity contribution in [2.75, 3.05) is 6.54 Å². The number of H-pyrrole nitrogens is 1. The van der Waals surface area contributed by atoms with Gasteiger partial charge in [-0.25, -0.2) is 32.5 Å². The number of nitrogens with zero attached hydrogens (tertiary/aromatic N) is 4. The van der Waals surface area contributed by atoms with Gasteiger partial charge in [-0.2, -0.15) is 0 Å². The van der Waals surface area contributed by atoms with Crippen molar-refractivity contribution in [2.45, 2.75) is 18.9 Å². The normalized spacial score (nSPS) is 16.4. The van der Waals surface area contributed by atoms with Crippen molar-refractivity contribution in [3.8, 4) is 0 Å². The number of aromatic nitrogens is 4. The molecule has 1 N–H and O–H groups in total. The van der Waals surface area contributed by atoms with Crippen molar-refractivity contribution in [3.05, 3.63) is 65.2 Å². The van der Waals surface area contributed by atoms with Crippen LogP contribution >= 0.6 is 0 Å². The van der Waals surface area contributed by atoms with Crippen LogP contribution in [0, 0.1) is 11.6 Å². The number of halogens is 4. The van der Waals surface area contributed by atoms with Gasteiger partial charge in [0.25, 0.3) is 12.3 Å². The number of fused-ring (bicyclic) bond motifs is 2. The number of imidazole rings is 1. The highest BCUT2D eigenvalue weighted by molar-refractivity contribution is 5.93. The van der Waals surface area contributed by atoms with Gasteiger partial charge in [-0.05, 0) is 12.1 Å². The molecular formula is C18H11F4N5O3. The maximum atomic E-state index is 14.1. The van der Waals surface area contributed by atoms with Crippen LogP contribution in [0.15, 0.2) is 33.7 Å². The number of amides is 1. The predicted molar refractivity (Wildman–Crippen MR) is 90.6 cm³/mol. The van der Waals surface area contributed by atoms with E-state index in [1.54, 1.807) is 0 Å². The van der Waals surface area contributed by atoms with Gasteiger partial charge in [0.05, 0.1) is 12.0 Å². The number of nitrogens with one attached hydrogen (secondary N) is 1. The fourth-order valence-electron chi connectivity index (χ4n) is 3.52. The highest BCUT2D eigenvalue weighted by Crippen LogP contribution is 2.37. The number of oxazole rings is 2. The zero-order valence-electron chi connectivity index (χ0n) is 14.9. The Morgan fingerprint density at radius 2 is 2.10 bits per heavy atom. The molecule has 8 nitrogen and oxygen atoms in total. The molecule has 154 valence electrons. The summed E-state index contributed by atoms with van der Waals surface area (Å²) in [5.74, 6) is -3.96. The molecule has 4 aromatic rings. The van der Waals surface area contributed by atoms with Crippen LogP contribution in [-0.4, -0.2) is 37.3 Å². The Bertz CT molecular complexity index is 1260. The Hall–Kier alpha value is -3.70. The lowest BCUT2D eigenvalue weighted by Gasteiger charge is -2.32. The third kappa shape index (κ3) is 2.67. The topological polar surface area (TPSA) is 101 Å².